The van der Waals surface area contributed by atoms with Crippen molar-refractivity contribution in [3.05, 3.63) is 24.4 Å². The van der Waals surface area contributed by atoms with Crippen LogP contribution in [0.15, 0.2) is 24.4 Å². The number of hydrogen-bond donors (Lipinski definition) is 1. The zero-order valence-corrected chi connectivity index (χ0v) is 13.3. The van der Waals surface area contributed by atoms with Crippen molar-refractivity contribution in [1.29, 1.82) is 0 Å². The van der Waals surface area contributed by atoms with E-state index >= 15 is 0 Å². The van der Waals surface area contributed by atoms with Crippen LogP contribution in [0.3, 0.4) is 0 Å². The molecule has 0 spiro atoms. The van der Waals surface area contributed by atoms with Gasteiger partial charge in [-0.25, -0.2) is 14.3 Å². The highest BCUT2D eigenvalue weighted by Gasteiger charge is 2.51. The van der Waals surface area contributed by atoms with E-state index in [9.17, 15) is 9.32 Å². The molecule has 0 atom stereocenters. The van der Waals surface area contributed by atoms with Gasteiger partial charge in [-0.05, 0) is 45.3 Å². The second kappa shape index (κ2) is 5.21. The molecule has 1 amide bonds. The normalized spacial score (nSPS) is 19.1. The minimum atomic E-state index is -1.22. The van der Waals surface area contributed by atoms with Gasteiger partial charge in [0.25, 0.3) is 0 Å². The molecule has 1 aliphatic heterocycles. The minimum absolute atomic E-state index is 0.179. The van der Waals surface area contributed by atoms with Crippen molar-refractivity contribution in [3.63, 3.8) is 0 Å². The Morgan fingerprint density at radius 3 is 2.57 bits per heavy atom. The summed E-state index contributed by atoms with van der Waals surface area (Å²) in [4.78, 5) is 13.9. The number of aromatic nitrogens is 2. The fourth-order valence-electron chi connectivity index (χ4n) is 2.32. The number of carbonyl (C=O) groups is 1. The van der Waals surface area contributed by atoms with Gasteiger partial charge in [-0.15, -0.1) is 5.10 Å². The molecule has 2 aromatic heterocycles. The van der Waals surface area contributed by atoms with Crippen LogP contribution >= 0.6 is 0 Å². The van der Waals surface area contributed by atoms with Crippen molar-refractivity contribution in [1.82, 2.24) is 9.61 Å². The monoisotopic (exact) mass is 321 g/mol. The first-order valence-corrected chi connectivity index (χ1v) is 7.16. The van der Waals surface area contributed by atoms with E-state index in [0.29, 0.717) is 5.52 Å². The molecule has 3 heterocycles. The molecule has 23 heavy (non-hydrogen) atoms. The molecular weight excluding hydrogens is 304 g/mol. The second-order valence-corrected chi connectivity index (χ2v) is 6.44. The summed E-state index contributed by atoms with van der Waals surface area (Å²) in [7, 11) is -0.493. The van der Waals surface area contributed by atoms with Crippen molar-refractivity contribution in [2.24, 2.45) is 0 Å². The van der Waals surface area contributed by atoms with Crippen LogP contribution in [0, 0.1) is 0 Å². The van der Waals surface area contributed by atoms with Gasteiger partial charge < -0.3 is 9.31 Å². The molecular formula is C14H17BFN3O4. The van der Waals surface area contributed by atoms with E-state index < -0.39 is 24.4 Å². The predicted octanol–water partition coefficient (Wildman–Crippen LogP) is 2.07. The Kier molecular flexibility index (Phi) is 3.57. The number of hydrogen-bond acceptors (Lipinski definition) is 5. The fraction of sp³-hybridized carbons (Fsp3) is 0.429. The van der Waals surface area contributed by atoms with Crippen molar-refractivity contribution in [3.8, 4) is 0 Å². The van der Waals surface area contributed by atoms with Crippen molar-refractivity contribution >= 4 is 30.0 Å². The van der Waals surface area contributed by atoms with Crippen LogP contribution in [0.4, 0.5) is 15.1 Å². The molecule has 0 saturated carbocycles. The van der Waals surface area contributed by atoms with Crippen molar-refractivity contribution in [2.45, 2.75) is 38.9 Å². The number of amides is 1. The molecule has 122 valence electrons. The maximum atomic E-state index is 11.8. The Balaban J connectivity index is 1.88. The summed E-state index contributed by atoms with van der Waals surface area (Å²) < 4.78 is 25.3. The average molecular weight is 321 g/mol. The standard InChI is InChI=1S/C14H17BFN3O4/c1-13(2)14(3,4)23-15(22-13)9-5-6-19-10(7-9)8-11(18-19)17-12(20)21-16/h5-8H,1-4H3,(H,17,18,20). The molecule has 2 aromatic rings. The van der Waals surface area contributed by atoms with E-state index in [0.717, 1.165) is 5.46 Å². The summed E-state index contributed by atoms with van der Waals surface area (Å²) in [5.41, 5.74) is 0.672. The van der Waals surface area contributed by atoms with Gasteiger partial charge in [0.15, 0.2) is 5.82 Å². The van der Waals surface area contributed by atoms with Gasteiger partial charge in [-0.3, -0.25) is 5.32 Å². The lowest BCUT2D eigenvalue weighted by Gasteiger charge is -2.32. The lowest BCUT2D eigenvalue weighted by molar-refractivity contribution is -0.0544. The molecule has 0 radical (unpaired) electrons. The lowest BCUT2D eigenvalue weighted by atomic mass is 9.79. The fourth-order valence-corrected chi connectivity index (χ4v) is 2.32. The highest BCUT2D eigenvalue weighted by atomic mass is 19.3. The molecule has 0 bridgehead atoms. The molecule has 1 aliphatic rings. The van der Waals surface area contributed by atoms with Gasteiger partial charge in [0.2, 0.25) is 0 Å². The van der Waals surface area contributed by atoms with Crippen molar-refractivity contribution < 1.29 is 23.6 Å². The summed E-state index contributed by atoms with van der Waals surface area (Å²) in [6, 6.07) is 5.24. The molecule has 0 unspecified atom stereocenters. The summed E-state index contributed by atoms with van der Waals surface area (Å²) in [5.74, 6) is 0.179. The Bertz CT molecular complexity index is 746. The van der Waals surface area contributed by atoms with E-state index in [1.807, 2.05) is 39.8 Å². The Labute approximate surface area is 132 Å². The predicted molar refractivity (Wildman–Crippen MR) is 82.1 cm³/mol. The topological polar surface area (TPSA) is 74.1 Å². The number of nitrogens with zero attached hydrogens (tertiary/aromatic N) is 2. The summed E-state index contributed by atoms with van der Waals surface area (Å²) >= 11 is 0. The van der Waals surface area contributed by atoms with Gasteiger partial charge in [-0.2, -0.15) is 0 Å². The highest BCUT2D eigenvalue weighted by molar-refractivity contribution is 6.62. The molecule has 7 nitrogen and oxygen atoms in total. The van der Waals surface area contributed by atoms with Gasteiger partial charge in [0, 0.05) is 16.8 Å². The number of rotatable bonds is 2. The smallest absolute Gasteiger partial charge is 0.399 e. The van der Waals surface area contributed by atoms with Crippen molar-refractivity contribution in [2.75, 3.05) is 5.32 Å². The van der Waals surface area contributed by atoms with Gasteiger partial charge in [0.05, 0.1) is 16.7 Å². The molecule has 1 fully saturated rings. The SMILES string of the molecule is CC1(C)OB(c2ccn3nc(NC(=O)OF)cc3c2)OC1(C)C. The van der Waals surface area contributed by atoms with Crippen LogP contribution in [0.1, 0.15) is 27.7 Å². The second-order valence-electron chi connectivity index (χ2n) is 6.44. The molecule has 3 rings (SSSR count). The largest absolute Gasteiger partial charge is 0.494 e. The quantitative estimate of drug-likeness (QED) is 0.857. The van der Waals surface area contributed by atoms with Gasteiger partial charge >= 0.3 is 13.2 Å². The Hall–Kier alpha value is -2.13. The number of nitrogens with one attached hydrogen (secondary N) is 1. The number of halogens is 1. The zero-order chi connectivity index (χ0) is 16.8. The van der Waals surface area contributed by atoms with Crippen LogP contribution in [-0.4, -0.2) is 34.0 Å². The molecule has 9 heteroatoms. The molecule has 1 saturated heterocycles. The number of carbonyl (C=O) groups excluding carboxylic acids is 1. The van der Waals surface area contributed by atoms with E-state index in [2.05, 4.69) is 15.4 Å². The van der Waals surface area contributed by atoms with Gasteiger partial charge in [-0.1, -0.05) is 0 Å². The summed E-state index contributed by atoms with van der Waals surface area (Å²) in [5, 5.41) is 6.25. The molecule has 0 aromatic carbocycles. The third kappa shape index (κ3) is 2.77. The Morgan fingerprint density at radius 1 is 1.30 bits per heavy atom. The third-order valence-electron chi connectivity index (χ3n) is 4.31. The van der Waals surface area contributed by atoms with E-state index in [1.165, 1.54) is 0 Å². The zero-order valence-electron chi connectivity index (χ0n) is 13.3. The van der Waals surface area contributed by atoms with E-state index in [4.69, 9.17) is 9.31 Å². The Morgan fingerprint density at radius 2 is 1.96 bits per heavy atom. The van der Waals surface area contributed by atoms with Crippen LogP contribution < -0.4 is 10.8 Å². The maximum absolute atomic E-state index is 11.8. The number of fused-ring (bicyclic) bond motifs is 1. The number of anilines is 1. The number of pyridine rings is 1. The van der Waals surface area contributed by atoms with E-state index in [-0.39, 0.29) is 5.82 Å². The third-order valence-corrected chi connectivity index (χ3v) is 4.31. The van der Waals surface area contributed by atoms with Crippen LogP contribution in [0.5, 0.6) is 0 Å². The first-order valence-electron chi connectivity index (χ1n) is 7.16. The minimum Gasteiger partial charge on any atom is -0.399 e. The first kappa shape index (κ1) is 15.8. The average Bonchev–Trinajstić information content (AvgIpc) is 2.95. The van der Waals surface area contributed by atoms with Crippen LogP contribution in [0.2, 0.25) is 0 Å². The maximum Gasteiger partial charge on any atom is 0.494 e. The molecule has 1 N–H and O–H groups in total. The van der Waals surface area contributed by atoms with Crippen LogP contribution in [-0.2, 0) is 14.3 Å². The highest BCUT2D eigenvalue weighted by Crippen LogP contribution is 2.36. The van der Waals surface area contributed by atoms with Crippen LogP contribution in [0.25, 0.3) is 5.52 Å². The van der Waals surface area contributed by atoms with Gasteiger partial charge in [0.1, 0.15) is 0 Å². The summed E-state index contributed by atoms with van der Waals surface area (Å²) in [6.07, 6.45) is 0.487. The first-order chi connectivity index (χ1) is 10.7. The van der Waals surface area contributed by atoms with E-state index in [1.54, 1.807) is 16.8 Å². The lowest BCUT2D eigenvalue weighted by Crippen LogP contribution is -2.41. The summed E-state index contributed by atoms with van der Waals surface area (Å²) in [6.45, 7) is 7.92. The molecule has 0 aliphatic carbocycles.